The molecule has 0 aliphatic rings. The number of hydrogen-bond acceptors (Lipinski definition) is 5. The summed E-state index contributed by atoms with van der Waals surface area (Å²) in [5.41, 5.74) is 0. The van der Waals surface area contributed by atoms with E-state index in [0.717, 1.165) is 12.1 Å². The average molecular weight is 415 g/mol. The molecule has 10 heteroatoms. The van der Waals surface area contributed by atoms with Gasteiger partial charge in [-0.3, -0.25) is 0 Å². The van der Waals surface area contributed by atoms with Gasteiger partial charge in [-0.1, -0.05) is 0 Å². The van der Waals surface area contributed by atoms with Gasteiger partial charge in [0.15, 0.2) is 16.6 Å². The molecule has 0 aliphatic heterocycles. The molecule has 0 aliphatic carbocycles. The topological polar surface area (TPSA) is 46.2 Å². The molecule has 23 heavy (non-hydrogen) atoms. The lowest BCUT2D eigenvalue weighted by Gasteiger charge is -2.38. The van der Waals surface area contributed by atoms with E-state index < -0.39 is 43.0 Å². The zero-order chi connectivity index (χ0) is 18.5. The number of rotatable bonds is 11. The fourth-order valence-electron chi connectivity index (χ4n) is 2.40. The SMILES string of the molecule is CO[Si](C)(CC[Si](C)(O[SiH](C)O[Si](C)(C)C)O[Si](C)(C)C)OC. The van der Waals surface area contributed by atoms with Gasteiger partial charge < -0.3 is 21.2 Å². The first-order valence-corrected chi connectivity index (χ1v) is 22.3. The molecule has 0 aromatic carbocycles. The molecule has 0 heterocycles. The van der Waals surface area contributed by atoms with Gasteiger partial charge in [0, 0.05) is 14.2 Å². The highest BCUT2D eigenvalue weighted by Gasteiger charge is 2.42. The summed E-state index contributed by atoms with van der Waals surface area (Å²) in [6.45, 7) is 19.7. The van der Waals surface area contributed by atoms with Crippen molar-refractivity contribution >= 4 is 43.0 Å². The van der Waals surface area contributed by atoms with Crippen LogP contribution in [0.15, 0.2) is 0 Å². The molecule has 0 saturated heterocycles. The summed E-state index contributed by atoms with van der Waals surface area (Å²) in [6.07, 6.45) is 0. The van der Waals surface area contributed by atoms with Gasteiger partial charge in [-0.25, -0.2) is 0 Å². The standard InChI is InChI=1S/C13H38O5Si5/c1-14-22(10,15-2)12-13-23(11,18-21(7,8)9)17-19(3)16-20(4,5)6/h19H,12-13H2,1-11H3. The first kappa shape index (κ1) is 23.9. The van der Waals surface area contributed by atoms with Crippen LogP contribution in [0, 0.1) is 0 Å². The highest BCUT2D eigenvalue weighted by Crippen LogP contribution is 2.27. The summed E-state index contributed by atoms with van der Waals surface area (Å²) in [5.74, 6) is 0. The van der Waals surface area contributed by atoms with Crippen LogP contribution in [0.25, 0.3) is 0 Å². The van der Waals surface area contributed by atoms with Crippen molar-refractivity contribution in [2.75, 3.05) is 14.2 Å². The largest absolute Gasteiger partial charge is 0.439 e. The lowest BCUT2D eigenvalue weighted by Crippen LogP contribution is -2.53. The van der Waals surface area contributed by atoms with Crippen LogP contribution in [-0.2, 0) is 21.2 Å². The maximum absolute atomic E-state index is 6.53. The van der Waals surface area contributed by atoms with Gasteiger partial charge in [0.25, 0.3) is 9.28 Å². The minimum absolute atomic E-state index is 0.890. The smallest absolute Gasteiger partial charge is 0.334 e. The molecule has 0 spiro atoms. The molecular formula is C13H38O5Si5. The molecule has 140 valence electrons. The molecule has 0 amide bonds. The zero-order valence-electron chi connectivity index (χ0n) is 17.0. The van der Waals surface area contributed by atoms with Crippen molar-refractivity contribution in [2.24, 2.45) is 0 Å². The summed E-state index contributed by atoms with van der Waals surface area (Å²) < 4.78 is 30.5. The van der Waals surface area contributed by atoms with Gasteiger partial charge in [-0.2, -0.15) is 0 Å². The van der Waals surface area contributed by atoms with Gasteiger partial charge in [-0.15, -0.1) is 0 Å². The second kappa shape index (κ2) is 9.01. The summed E-state index contributed by atoms with van der Waals surface area (Å²) >= 11 is 0. The first-order valence-electron chi connectivity index (χ1n) is 8.30. The molecule has 0 radical (unpaired) electrons. The van der Waals surface area contributed by atoms with Crippen molar-refractivity contribution < 1.29 is 21.2 Å². The van der Waals surface area contributed by atoms with E-state index in [-0.39, 0.29) is 0 Å². The third-order valence-corrected chi connectivity index (χ3v) is 19.6. The Morgan fingerprint density at radius 3 is 1.43 bits per heavy atom. The van der Waals surface area contributed by atoms with Crippen molar-refractivity contribution in [1.29, 1.82) is 0 Å². The van der Waals surface area contributed by atoms with E-state index >= 15 is 0 Å². The molecule has 0 rings (SSSR count). The van der Waals surface area contributed by atoms with E-state index in [1.165, 1.54) is 0 Å². The molecule has 0 saturated carbocycles. The van der Waals surface area contributed by atoms with Crippen molar-refractivity contribution in [2.45, 2.75) is 71.0 Å². The van der Waals surface area contributed by atoms with Crippen LogP contribution in [0.5, 0.6) is 0 Å². The molecule has 0 aromatic heterocycles. The third kappa shape index (κ3) is 11.2. The zero-order valence-corrected chi connectivity index (χ0v) is 22.2. The van der Waals surface area contributed by atoms with Gasteiger partial charge in [0.2, 0.25) is 0 Å². The van der Waals surface area contributed by atoms with E-state index in [0.29, 0.717) is 0 Å². The fourth-order valence-corrected chi connectivity index (χ4v) is 20.7. The van der Waals surface area contributed by atoms with Gasteiger partial charge in [0.05, 0.1) is 0 Å². The average Bonchev–Trinajstić information content (AvgIpc) is 2.31. The van der Waals surface area contributed by atoms with Crippen molar-refractivity contribution in [3.05, 3.63) is 0 Å². The highest BCUT2D eigenvalue weighted by atomic mass is 28.5. The van der Waals surface area contributed by atoms with Crippen LogP contribution >= 0.6 is 0 Å². The van der Waals surface area contributed by atoms with E-state index in [9.17, 15) is 0 Å². The number of hydrogen-bond donors (Lipinski definition) is 0. The van der Waals surface area contributed by atoms with Crippen LogP contribution < -0.4 is 0 Å². The maximum atomic E-state index is 6.53. The van der Waals surface area contributed by atoms with Crippen molar-refractivity contribution in [1.82, 2.24) is 0 Å². The minimum Gasteiger partial charge on any atom is -0.439 e. The first-order chi connectivity index (χ1) is 10.1. The van der Waals surface area contributed by atoms with Crippen LogP contribution in [0.4, 0.5) is 0 Å². The Balaban J connectivity index is 5.03. The summed E-state index contributed by atoms with van der Waals surface area (Å²) in [7, 11) is -5.88. The normalized spacial score (nSPS) is 17.9. The Bertz CT molecular complexity index is 354. The van der Waals surface area contributed by atoms with Crippen LogP contribution in [0.2, 0.25) is 71.0 Å². The lowest BCUT2D eigenvalue weighted by molar-refractivity contribution is 0.249. The summed E-state index contributed by atoms with van der Waals surface area (Å²) in [4.78, 5) is 0. The molecule has 0 fully saturated rings. The second-order valence-corrected chi connectivity index (χ2v) is 26.9. The van der Waals surface area contributed by atoms with E-state index in [2.05, 4.69) is 58.9 Å². The Morgan fingerprint density at radius 1 is 0.652 bits per heavy atom. The lowest BCUT2D eigenvalue weighted by atomic mass is 10.9. The predicted octanol–water partition coefficient (Wildman–Crippen LogP) is 3.99. The van der Waals surface area contributed by atoms with Crippen molar-refractivity contribution in [3.8, 4) is 0 Å². The Morgan fingerprint density at radius 2 is 1.09 bits per heavy atom. The summed E-state index contributed by atoms with van der Waals surface area (Å²) in [6, 6.07) is 1.79. The molecule has 5 nitrogen and oxygen atoms in total. The second-order valence-electron chi connectivity index (χ2n) is 8.31. The van der Waals surface area contributed by atoms with E-state index in [1.54, 1.807) is 14.2 Å². The third-order valence-electron chi connectivity index (χ3n) is 3.35. The quantitative estimate of drug-likeness (QED) is 0.478. The van der Waals surface area contributed by atoms with Gasteiger partial charge in [0.1, 0.15) is 0 Å². The molecule has 2 unspecified atom stereocenters. The van der Waals surface area contributed by atoms with E-state index in [4.69, 9.17) is 21.2 Å². The molecule has 0 N–H and O–H groups in total. The maximum Gasteiger partial charge on any atom is 0.334 e. The Kier molecular flexibility index (Phi) is 9.35. The molecule has 2 atom stereocenters. The Labute approximate surface area is 149 Å². The molecule has 0 aromatic rings. The fraction of sp³-hybridized carbons (Fsp3) is 1.00. The van der Waals surface area contributed by atoms with Crippen LogP contribution in [0.3, 0.4) is 0 Å². The monoisotopic (exact) mass is 414 g/mol. The van der Waals surface area contributed by atoms with Gasteiger partial charge in [-0.05, 0) is 71.0 Å². The van der Waals surface area contributed by atoms with Gasteiger partial charge >= 0.3 is 17.1 Å². The van der Waals surface area contributed by atoms with Crippen LogP contribution in [-0.4, -0.2) is 57.3 Å². The van der Waals surface area contributed by atoms with E-state index in [1.807, 2.05) is 0 Å². The van der Waals surface area contributed by atoms with Crippen LogP contribution in [0.1, 0.15) is 0 Å². The molecule has 0 bridgehead atoms. The Hall–Kier alpha value is 0.884. The van der Waals surface area contributed by atoms with Crippen molar-refractivity contribution in [3.63, 3.8) is 0 Å². The minimum atomic E-state index is -2.29. The summed E-state index contributed by atoms with van der Waals surface area (Å²) in [5, 5.41) is 0. The highest BCUT2D eigenvalue weighted by molar-refractivity contribution is 6.86. The molecular weight excluding hydrogens is 377 g/mol. The predicted molar refractivity (Wildman–Crippen MR) is 110 cm³/mol.